The second kappa shape index (κ2) is 6.70. The van der Waals surface area contributed by atoms with Gasteiger partial charge in [-0.3, -0.25) is 4.57 Å². The van der Waals surface area contributed by atoms with E-state index in [1.165, 1.54) is 6.39 Å². The lowest BCUT2D eigenvalue weighted by Crippen LogP contribution is -1.93. The summed E-state index contributed by atoms with van der Waals surface area (Å²) in [4.78, 5) is 8.56. The van der Waals surface area contributed by atoms with Crippen molar-refractivity contribution < 1.29 is 9.15 Å². The minimum atomic E-state index is 0.731. The molecule has 2 heterocycles. The largest absolute Gasteiger partial charge is 0.496 e. The molecule has 28 heavy (non-hydrogen) atoms. The molecule has 0 aliphatic carbocycles. The Bertz CT molecular complexity index is 1260. The summed E-state index contributed by atoms with van der Waals surface area (Å²) in [6, 6.07) is 22.5. The summed E-state index contributed by atoms with van der Waals surface area (Å²) in [5, 5.41) is 0. The zero-order valence-corrected chi connectivity index (χ0v) is 15.2. The van der Waals surface area contributed by atoms with Crippen molar-refractivity contribution in [1.82, 2.24) is 14.5 Å². The summed E-state index contributed by atoms with van der Waals surface area (Å²) in [5.74, 6) is 1.58. The zero-order chi connectivity index (χ0) is 18.9. The van der Waals surface area contributed by atoms with Crippen molar-refractivity contribution in [1.29, 1.82) is 0 Å². The fourth-order valence-electron chi connectivity index (χ4n) is 3.44. The number of methoxy groups -OCH3 is 1. The van der Waals surface area contributed by atoms with E-state index >= 15 is 0 Å². The van der Waals surface area contributed by atoms with Crippen LogP contribution in [0, 0.1) is 0 Å². The first kappa shape index (κ1) is 16.3. The molecule has 5 aromatic rings. The summed E-state index contributed by atoms with van der Waals surface area (Å²) < 4.78 is 13.0. The fraction of sp³-hybridized carbons (Fsp3) is 0.0435. The fourth-order valence-corrected chi connectivity index (χ4v) is 3.44. The number of fused-ring (bicyclic) bond motifs is 1. The van der Waals surface area contributed by atoms with Gasteiger partial charge in [0.15, 0.2) is 12.2 Å². The van der Waals surface area contributed by atoms with Gasteiger partial charge in [0.05, 0.1) is 24.3 Å². The highest BCUT2D eigenvalue weighted by Crippen LogP contribution is 2.32. The zero-order valence-electron chi connectivity index (χ0n) is 15.2. The Morgan fingerprint density at radius 3 is 2.71 bits per heavy atom. The highest BCUT2D eigenvalue weighted by atomic mass is 16.5. The number of para-hydroxylation sites is 1. The molecule has 5 heteroatoms. The van der Waals surface area contributed by atoms with E-state index in [0.717, 1.165) is 44.9 Å². The van der Waals surface area contributed by atoms with Gasteiger partial charge in [-0.2, -0.15) is 0 Å². The Balaban J connectivity index is 1.59. The Hall–Kier alpha value is -3.86. The van der Waals surface area contributed by atoms with Crippen LogP contribution in [0.15, 0.2) is 90.1 Å². The average Bonchev–Trinajstić information content (AvgIpc) is 3.43. The second-order valence-electron chi connectivity index (χ2n) is 6.43. The molecule has 0 atom stereocenters. The van der Waals surface area contributed by atoms with Crippen molar-refractivity contribution in [3.63, 3.8) is 0 Å². The van der Waals surface area contributed by atoms with Gasteiger partial charge in [0.1, 0.15) is 12.1 Å². The number of hydrogen-bond donors (Lipinski definition) is 0. The topological polar surface area (TPSA) is 53.1 Å². The molecule has 0 amide bonds. The third-order valence-corrected chi connectivity index (χ3v) is 4.81. The number of imidazole rings is 1. The van der Waals surface area contributed by atoms with Crippen molar-refractivity contribution >= 4 is 11.0 Å². The van der Waals surface area contributed by atoms with E-state index in [1.54, 1.807) is 13.3 Å². The molecule has 0 saturated carbocycles. The molecule has 0 aliphatic rings. The lowest BCUT2D eigenvalue weighted by atomic mass is 10.0. The van der Waals surface area contributed by atoms with E-state index < -0.39 is 0 Å². The molecule has 0 unspecified atom stereocenters. The first-order valence-corrected chi connectivity index (χ1v) is 8.93. The monoisotopic (exact) mass is 367 g/mol. The van der Waals surface area contributed by atoms with Crippen LogP contribution < -0.4 is 4.74 Å². The van der Waals surface area contributed by atoms with E-state index in [4.69, 9.17) is 9.15 Å². The molecule has 136 valence electrons. The highest BCUT2D eigenvalue weighted by molar-refractivity contribution is 5.83. The molecule has 0 saturated heterocycles. The molecule has 0 N–H and O–H groups in total. The lowest BCUT2D eigenvalue weighted by Gasteiger charge is -2.11. The van der Waals surface area contributed by atoms with Gasteiger partial charge in [-0.25, -0.2) is 9.97 Å². The van der Waals surface area contributed by atoms with Gasteiger partial charge in [0, 0.05) is 16.8 Å². The molecule has 5 rings (SSSR count). The smallest absolute Gasteiger partial charge is 0.181 e. The second-order valence-corrected chi connectivity index (χ2v) is 6.43. The number of oxazole rings is 1. The van der Waals surface area contributed by atoms with Crippen molar-refractivity contribution in [3.05, 3.63) is 85.6 Å². The Labute approximate surface area is 161 Å². The van der Waals surface area contributed by atoms with Gasteiger partial charge >= 0.3 is 0 Å². The van der Waals surface area contributed by atoms with E-state index in [-0.39, 0.29) is 0 Å². The summed E-state index contributed by atoms with van der Waals surface area (Å²) in [7, 11) is 1.69. The van der Waals surface area contributed by atoms with E-state index in [2.05, 4.69) is 44.9 Å². The number of nitrogens with zero attached hydrogens (tertiary/aromatic N) is 3. The van der Waals surface area contributed by atoms with Crippen molar-refractivity contribution in [2.45, 2.75) is 0 Å². The van der Waals surface area contributed by atoms with Gasteiger partial charge in [0.25, 0.3) is 0 Å². The molecular weight excluding hydrogens is 350 g/mol. The van der Waals surface area contributed by atoms with Crippen LogP contribution in [0.4, 0.5) is 0 Å². The molecule has 0 spiro atoms. The van der Waals surface area contributed by atoms with Gasteiger partial charge in [0.2, 0.25) is 0 Å². The third-order valence-electron chi connectivity index (χ3n) is 4.81. The summed E-state index contributed by atoms with van der Waals surface area (Å²) in [6.07, 6.45) is 4.98. The predicted molar refractivity (Wildman–Crippen MR) is 109 cm³/mol. The molecule has 0 radical (unpaired) electrons. The standard InChI is InChI=1S/C23H17N3O2/c1-27-22-8-3-2-7-19(22)16-5-4-6-18(11-16)26-14-25-20-12-17(9-10-21(20)26)23-13-24-15-28-23/h2-15H,1H3. The van der Waals surface area contributed by atoms with Gasteiger partial charge < -0.3 is 9.15 Å². The first-order valence-electron chi connectivity index (χ1n) is 8.93. The van der Waals surface area contributed by atoms with Crippen LogP contribution in [0.3, 0.4) is 0 Å². The quantitative estimate of drug-likeness (QED) is 0.429. The van der Waals surface area contributed by atoms with Crippen LogP contribution in [0.2, 0.25) is 0 Å². The molecule has 0 bridgehead atoms. The molecule has 2 aromatic heterocycles. The molecule has 0 aliphatic heterocycles. The van der Waals surface area contributed by atoms with Crippen LogP contribution in [0.25, 0.3) is 39.2 Å². The minimum absolute atomic E-state index is 0.731. The van der Waals surface area contributed by atoms with Gasteiger partial charge in [-0.05, 0) is 42.0 Å². The summed E-state index contributed by atoms with van der Waals surface area (Å²) in [5.41, 5.74) is 6.08. The molecule has 5 nitrogen and oxygen atoms in total. The van der Waals surface area contributed by atoms with Gasteiger partial charge in [-0.15, -0.1) is 0 Å². The van der Waals surface area contributed by atoms with Crippen LogP contribution in [-0.2, 0) is 0 Å². The van der Waals surface area contributed by atoms with E-state index in [0.29, 0.717) is 0 Å². The van der Waals surface area contributed by atoms with Crippen LogP contribution >= 0.6 is 0 Å². The third kappa shape index (κ3) is 2.74. The SMILES string of the molecule is COc1ccccc1-c1cccc(-n2cnc3cc(-c4cnco4)ccc32)c1. The number of ether oxygens (including phenoxy) is 1. The number of aromatic nitrogens is 3. The molecular formula is C23H17N3O2. The normalized spacial score (nSPS) is 11.0. The maximum absolute atomic E-state index is 5.52. The maximum atomic E-state index is 5.52. The van der Waals surface area contributed by atoms with Crippen molar-refractivity contribution in [2.24, 2.45) is 0 Å². The van der Waals surface area contributed by atoms with E-state index in [9.17, 15) is 0 Å². The number of benzene rings is 3. The minimum Gasteiger partial charge on any atom is -0.496 e. The van der Waals surface area contributed by atoms with Crippen LogP contribution in [-0.4, -0.2) is 21.6 Å². The van der Waals surface area contributed by atoms with Crippen LogP contribution in [0.5, 0.6) is 5.75 Å². The van der Waals surface area contributed by atoms with Crippen molar-refractivity contribution in [3.8, 4) is 33.9 Å². The van der Waals surface area contributed by atoms with Crippen molar-refractivity contribution in [2.75, 3.05) is 7.11 Å². The first-order chi connectivity index (χ1) is 13.8. The number of rotatable bonds is 4. The van der Waals surface area contributed by atoms with E-state index in [1.807, 2.05) is 42.7 Å². The maximum Gasteiger partial charge on any atom is 0.181 e. The molecule has 3 aromatic carbocycles. The summed E-state index contributed by atoms with van der Waals surface area (Å²) >= 11 is 0. The predicted octanol–water partition coefficient (Wildman–Crippen LogP) is 5.36. The average molecular weight is 367 g/mol. The summed E-state index contributed by atoms with van der Waals surface area (Å²) in [6.45, 7) is 0. The Kier molecular flexibility index (Phi) is 3.91. The number of hydrogen-bond acceptors (Lipinski definition) is 4. The van der Waals surface area contributed by atoms with Crippen LogP contribution in [0.1, 0.15) is 0 Å². The highest BCUT2D eigenvalue weighted by Gasteiger charge is 2.10. The van der Waals surface area contributed by atoms with Gasteiger partial charge in [-0.1, -0.05) is 30.3 Å². The lowest BCUT2D eigenvalue weighted by molar-refractivity contribution is 0.416. The Morgan fingerprint density at radius 2 is 1.86 bits per heavy atom. The molecule has 0 fully saturated rings. The Morgan fingerprint density at radius 1 is 0.929 bits per heavy atom.